The van der Waals surface area contributed by atoms with Crippen LogP contribution in [-0.2, 0) is 13.5 Å². The Morgan fingerprint density at radius 2 is 2.14 bits per heavy atom. The van der Waals surface area contributed by atoms with Gasteiger partial charge in [-0.05, 0) is 20.3 Å². The van der Waals surface area contributed by atoms with Crippen LogP contribution >= 0.6 is 11.6 Å². The van der Waals surface area contributed by atoms with Gasteiger partial charge < -0.3 is 5.73 Å². The van der Waals surface area contributed by atoms with E-state index in [1.54, 1.807) is 0 Å². The first kappa shape index (κ1) is 11.5. The van der Waals surface area contributed by atoms with Crippen LogP contribution in [0.1, 0.15) is 31.7 Å². The lowest BCUT2D eigenvalue weighted by atomic mass is 9.94. The van der Waals surface area contributed by atoms with Crippen molar-refractivity contribution in [2.75, 3.05) is 0 Å². The van der Waals surface area contributed by atoms with Crippen molar-refractivity contribution in [2.45, 2.75) is 39.2 Å². The minimum atomic E-state index is -0.204. The molecule has 1 rings (SSSR count). The summed E-state index contributed by atoms with van der Waals surface area (Å²) in [5.74, 6) is 0. The fraction of sp³-hybridized carbons (Fsp3) is 0.700. The van der Waals surface area contributed by atoms with Gasteiger partial charge in [0.1, 0.15) is 0 Å². The molecule has 1 heterocycles. The number of aryl methyl sites for hydroxylation is 2. The van der Waals surface area contributed by atoms with Crippen LogP contribution in [0.2, 0.25) is 5.02 Å². The molecule has 0 aliphatic heterocycles. The number of nitrogens with two attached hydrogens (primary N) is 1. The maximum Gasteiger partial charge on any atom is 0.0847 e. The standard InChI is InChI=1S/C10H18ClN3/c1-5-10(3,12)6-8-9(11)7(2)13-14(8)4/h5-6,12H2,1-4H3. The van der Waals surface area contributed by atoms with E-state index in [1.165, 1.54) is 0 Å². The molecule has 0 bridgehead atoms. The molecule has 0 amide bonds. The summed E-state index contributed by atoms with van der Waals surface area (Å²) in [4.78, 5) is 0. The molecule has 1 atom stereocenters. The van der Waals surface area contributed by atoms with Crippen molar-refractivity contribution < 1.29 is 0 Å². The van der Waals surface area contributed by atoms with Crippen LogP contribution in [0, 0.1) is 6.92 Å². The number of nitrogens with zero attached hydrogens (tertiary/aromatic N) is 2. The maximum atomic E-state index is 6.14. The first-order valence-corrected chi connectivity index (χ1v) is 5.22. The lowest BCUT2D eigenvalue weighted by molar-refractivity contribution is 0.436. The van der Waals surface area contributed by atoms with Gasteiger partial charge in [0.2, 0.25) is 0 Å². The van der Waals surface area contributed by atoms with E-state index in [1.807, 2.05) is 25.6 Å². The van der Waals surface area contributed by atoms with Gasteiger partial charge >= 0.3 is 0 Å². The summed E-state index contributed by atoms with van der Waals surface area (Å²) in [6.07, 6.45) is 1.69. The van der Waals surface area contributed by atoms with Crippen LogP contribution in [0.5, 0.6) is 0 Å². The fourth-order valence-corrected chi connectivity index (χ4v) is 1.61. The SMILES string of the molecule is CCC(C)(N)Cc1c(Cl)c(C)nn1C. The largest absolute Gasteiger partial charge is 0.325 e. The van der Waals surface area contributed by atoms with Gasteiger partial charge in [0.05, 0.1) is 16.4 Å². The summed E-state index contributed by atoms with van der Waals surface area (Å²) < 4.78 is 1.82. The third-order valence-corrected chi connectivity index (χ3v) is 3.13. The third kappa shape index (κ3) is 2.28. The van der Waals surface area contributed by atoms with Gasteiger partial charge in [-0.15, -0.1) is 0 Å². The lowest BCUT2D eigenvalue weighted by Crippen LogP contribution is -2.38. The zero-order chi connectivity index (χ0) is 10.9. The Balaban J connectivity index is 2.97. The molecule has 80 valence electrons. The molecule has 0 radical (unpaired) electrons. The molecular weight excluding hydrogens is 198 g/mol. The second-order valence-corrected chi connectivity index (χ2v) is 4.53. The number of aromatic nitrogens is 2. The first-order valence-electron chi connectivity index (χ1n) is 4.84. The number of halogens is 1. The van der Waals surface area contributed by atoms with Gasteiger partial charge in [-0.3, -0.25) is 4.68 Å². The van der Waals surface area contributed by atoms with E-state index < -0.39 is 0 Å². The van der Waals surface area contributed by atoms with Crippen LogP contribution in [0.25, 0.3) is 0 Å². The normalized spacial score (nSPS) is 15.6. The highest BCUT2D eigenvalue weighted by atomic mass is 35.5. The maximum absolute atomic E-state index is 6.14. The minimum absolute atomic E-state index is 0.204. The summed E-state index contributed by atoms with van der Waals surface area (Å²) in [6.45, 7) is 6.02. The molecule has 0 saturated heterocycles. The molecule has 3 nitrogen and oxygen atoms in total. The molecule has 0 spiro atoms. The van der Waals surface area contributed by atoms with Gasteiger partial charge in [0, 0.05) is 19.0 Å². The van der Waals surface area contributed by atoms with E-state index in [-0.39, 0.29) is 5.54 Å². The van der Waals surface area contributed by atoms with Crippen LogP contribution < -0.4 is 5.73 Å². The summed E-state index contributed by atoms with van der Waals surface area (Å²) in [5.41, 5.74) is 7.79. The van der Waals surface area contributed by atoms with Gasteiger partial charge in [-0.25, -0.2) is 0 Å². The number of hydrogen-bond donors (Lipinski definition) is 1. The lowest BCUT2D eigenvalue weighted by Gasteiger charge is -2.22. The van der Waals surface area contributed by atoms with E-state index in [2.05, 4.69) is 12.0 Å². The third-order valence-electron chi connectivity index (χ3n) is 2.64. The molecule has 1 aromatic rings. The summed E-state index contributed by atoms with van der Waals surface area (Å²) in [5, 5.41) is 5.01. The molecule has 1 aromatic heterocycles. The Hall–Kier alpha value is -0.540. The van der Waals surface area contributed by atoms with Crippen molar-refractivity contribution in [3.05, 3.63) is 16.4 Å². The topological polar surface area (TPSA) is 43.8 Å². The highest BCUT2D eigenvalue weighted by molar-refractivity contribution is 6.31. The Labute approximate surface area is 90.2 Å². The summed E-state index contributed by atoms with van der Waals surface area (Å²) in [7, 11) is 1.90. The van der Waals surface area contributed by atoms with E-state index in [0.29, 0.717) is 0 Å². The van der Waals surface area contributed by atoms with Crippen molar-refractivity contribution in [1.29, 1.82) is 0 Å². The monoisotopic (exact) mass is 215 g/mol. The molecule has 1 unspecified atom stereocenters. The smallest absolute Gasteiger partial charge is 0.0847 e. The van der Waals surface area contributed by atoms with Crippen molar-refractivity contribution in [3.8, 4) is 0 Å². The molecule has 0 fully saturated rings. The average molecular weight is 216 g/mol. The average Bonchev–Trinajstić information content (AvgIpc) is 2.32. The van der Waals surface area contributed by atoms with Crippen molar-refractivity contribution in [2.24, 2.45) is 12.8 Å². The quantitative estimate of drug-likeness (QED) is 0.839. The van der Waals surface area contributed by atoms with Gasteiger partial charge in [0.25, 0.3) is 0 Å². The molecule has 0 aliphatic rings. The Morgan fingerprint density at radius 1 is 1.57 bits per heavy atom. The van der Waals surface area contributed by atoms with Crippen LogP contribution in [0.3, 0.4) is 0 Å². The molecule has 0 aliphatic carbocycles. The van der Waals surface area contributed by atoms with E-state index >= 15 is 0 Å². The summed E-state index contributed by atoms with van der Waals surface area (Å²) >= 11 is 6.14. The fourth-order valence-electron chi connectivity index (χ4n) is 1.38. The van der Waals surface area contributed by atoms with E-state index in [0.717, 1.165) is 29.3 Å². The molecule has 4 heteroatoms. The van der Waals surface area contributed by atoms with E-state index in [4.69, 9.17) is 17.3 Å². The molecule has 14 heavy (non-hydrogen) atoms. The van der Waals surface area contributed by atoms with Crippen LogP contribution in [0.4, 0.5) is 0 Å². The van der Waals surface area contributed by atoms with E-state index in [9.17, 15) is 0 Å². The Morgan fingerprint density at radius 3 is 2.50 bits per heavy atom. The highest BCUT2D eigenvalue weighted by Gasteiger charge is 2.21. The summed E-state index contributed by atoms with van der Waals surface area (Å²) in [6, 6.07) is 0. The molecule has 2 N–H and O–H groups in total. The van der Waals surface area contributed by atoms with Gasteiger partial charge in [-0.1, -0.05) is 18.5 Å². The van der Waals surface area contributed by atoms with Crippen LogP contribution in [-0.4, -0.2) is 15.3 Å². The van der Waals surface area contributed by atoms with Gasteiger partial charge in [-0.2, -0.15) is 5.10 Å². The molecule has 0 aromatic carbocycles. The van der Waals surface area contributed by atoms with Gasteiger partial charge in [0.15, 0.2) is 0 Å². The second-order valence-electron chi connectivity index (χ2n) is 4.15. The molecular formula is C10H18ClN3. The predicted octanol–water partition coefficient (Wildman–Crippen LogP) is 2.05. The Kier molecular flexibility index (Phi) is 3.22. The Bertz CT molecular complexity index is 328. The van der Waals surface area contributed by atoms with Crippen molar-refractivity contribution in [1.82, 2.24) is 9.78 Å². The molecule has 0 saturated carbocycles. The first-order chi connectivity index (χ1) is 6.37. The zero-order valence-corrected chi connectivity index (χ0v) is 10.0. The highest BCUT2D eigenvalue weighted by Crippen LogP contribution is 2.23. The zero-order valence-electron chi connectivity index (χ0n) is 9.26. The second kappa shape index (κ2) is 3.91. The minimum Gasteiger partial charge on any atom is -0.325 e. The van der Waals surface area contributed by atoms with Crippen molar-refractivity contribution in [3.63, 3.8) is 0 Å². The van der Waals surface area contributed by atoms with Crippen LogP contribution in [0.15, 0.2) is 0 Å². The van der Waals surface area contributed by atoms with Crippen molar-refractivity contribution >= 4 is 11.6 Å². The number of hydrogen-bond acceptors (Lipinski definition) is 2. The predicted molar refractivity (Wildman–Crippen MR) is 59.5 cm³/mol. The number of rotatable bonds is 3.